The van der Waals surface area contributed by atoms with E-state index in [2.05, 4.69) is 25.8 Å². The third-order valence-corrected chi connectivity index (χ3v) is 2.04. The molecular formula is C10H16N2O. The van der Waals surface area contributed by atoms with Crippen molar-refractivity contribution in [2.45, 2.75) is 39.7 Å². The first-order chi connectivity index (χ1) is 6.00. The van der Waals surface area contributed by atoms with Gasteiger partial charge in [0.1, 0.15) is 5.69 Å². The van der Waals surface area contributed by atoms with Crippen molar-refractivity contribution in [3.05, 3.63) is 17.7 Å². The highest BCUT2D eigenvalue weighted by molar-refractivity contribution is 5.74. The number of aromatic nitrogens is 2. The van der Waals surface area contributed by atoms with E-state index in [1.165, 1.54) is 0 Å². The fourth-order valence-electron chi connectivity index (χ4n) is 1.35. The van der Waals surface area contributed by atoms with Gasteiger partial charge in [0, 0.05) is 12.0 Å². The van der Waals surface area contributed by atoms with Crippen LogP contribution in [-0.2, 0) is 12.0 Å². The summed E-state index contributed by atoms with van der Waals surface area (Å²) in [6, 6.07) is 0. The van der Waals surface area contributed by atoms with Crippen molar-refractivity contribution in [2.24, 2.45) is 0 Å². The lowest BCUT2D eigenvalue weighted by atomic mass is 9.91. The Labute approximate surface area is 78.8 Å². The van der Waals surface area contributed by atoms with Crippen molar-refractivity contribution in [2.75, 3.05) is 0 Å². The molecule has 0 saturated carbocycles. The molecule has 3 nitrogen and oxygen atoms in total. The lowest BCUT2D eigenvalue weighted by Crippen LogP contribution is -2.15. The Morgan fingerprint density at radius 2 is 2.15 bits per heavy atom. The average molecular weight is 180 g/mol. The molecule has 0 bridgehead atoms. The molecule has 0 N–H and O–H groups in total. The van der Waals surface area contributed by atoms with Gasteiger partial charge in [-0.1, -0.05) is 20.8 Å². The van der Waals surface area contributed by atoms with Gasteiger partial charge in [0.05, 0.1) is 12.0 Å². The average Bonchev–Trinajstić information content (AvgIpc) is 2.45. The Hall–Kier alpha value is -1.12. The molecule has 0 spiro atoms. The normalized spacial score (nSPS) is 11.7. The summed E-state index contributed by atoms with van der Waals surface area (Å²) in [7, 11) is 0. The summed E-state index contributed by atoms with van der Waals surface area (Å²) in [6.07, 6.45) is 2.61. The summed E-state index contributed by atoms with van der Waals surface area (Å²) in [5, 5.41) is 0. The zero-order chi connectivity index (χ0) is 10.1. The SMILES string of the molecule is CCn1cnc(C(C)(C)C)c1C=O. The number of imidazole rings is 1. The van der Waals surface area contributed by atoms with Crippen LogP contribution in [-0.4, -0.2) is 15.8 Å². The summed E-state index contributed by atoms with van der Waals surface area (Å²) in [6.45, 7) is 8.96. The van der Waals surface area contributed by atoms with E-state index in [-0.39, 0.29) is 5.41 Å². The first kappa shape index (κ1) is 9.96. The number of carbonyl (C=O) groups excluding carboxylic acids is 1. The smallest absolute Gasteiger partial charge is 0.168 e. The topological polar surface area (TPSA) is 34.9 Å². The lowest BCUT2D eigenvalue weighted by Gasteiger charge is -2.16. The maximum Gasteiger partial charge on any atom is 0.168 e. The zero-order valence-corrected chi connectivity index (χ0v) is 8.66. The molecule has 72 valence electrons. The fraction of sp³-hybridized carbons (Fsp3) is 0.600. The molecule has 0 aliphatic heterocycles. The van der Waals surface area contributed by atoms with Gasteiger partial charge in [-0.25, -0.2) is 4.98 Å². The molecule has 1 aromatic rings. The predicted molar refractivity (Wildman–Crippen MR) is 52.0 cm³/mol. The highest BCUT2D eigenvalue weighted by Crippen LogP contribution is 2.23. The number of aldehydes is 1. The van der Waals surface area contributed by atoms with Crippen molar-refractivity contribution in [1.29, 1.82) is 0 Å². The molecule has 1 rings (SSSR count). The molecule has 1 aromatic heterocycles. The van der Waals surface area contributed by atoms with Crippen molar-refractivity contribution in [1.82, 2.24) is 9.55 Å². The molecule has 3 heteroatoms. The van der Waals surface area contributed by atoms with Gasteiger partial charge >= 0.3 is 0 Å². The predicted octanol–water partition coefficient (Wildman–Crippen LogP) is 2.01. The Kier molecular flexibility index (Phi) is 2.55. The van der Waals surface area contributed by atoms with Crippen LogP contribution < -0.4 is 0 Å². The minimum absolute atomic E-state index is 0.0589. The molecule has 0 aliphatic carbocycles. The van der Waals surface area contributed by atoms with E-state index in [0.29, 0.717) is 5.69 Å². The van der Waals surface area contributed by atoms with Crippen molar-refractivity contribution >= 4 is 6.29 Å². The Balaban J connectivity index is 3.23. The molecule has 0 aliphatic rings. The number of hydrogen-bond acceptors (Lipinski definition) is 2. The van der Waals surface area contributed by atoms with Crippen molar-refractivity contribution in [3.8, 4) is 0 Å². The minimum Gasteiger partial charge on any atom is -0.328 e. The van der Waals surface area contributed by atoms with Crippen LogP contribution in [0.25, 0.3) is 0 Å². The molecule has 0 atom stereocenters. The van der Waals surface area contributed by atoms with Gasteiger partial charge in [0.15, 0.2) is 6.29 Å². The molecule has 1 heterocycles. The minimum atomic E-state index is -0.0589. The Morgan fingerprint density at radius 3 is 2.54 bits per heavy atom. The number of nitrogens with zero attached hydrogens (tertiary/aromatic N) is 2. The molecule has 0 saturated heterocycles. The summed E-state index contributed by atoms with van der Waals surface area (Å²) in [5.74, 6) is 0. The van der Waals surface area contributed by atoms with Crippen LogP contribution in [0.3, 0.4) is 0 Å². The summed E-state index contributed by atoms with van der Waals surface area (Å²) >= 11 is 0. The summed E-state index contributed by atoms with van der Waals surface area (Å²) in [4.78, 5) is 15.1. The van der Waals surface area contributed by atoms with Crippen LogP contribution in [0.4, 0.5) is 0 Å². The largest absolute Gasteiger partial charge is 0.328 e. The van der Waals surface area contributed by atoms with Crippen LogP contribution in [0.2, 0.25) is 0 Å². The molecule has 0 radical (unpaired) electrons. The lowest BCUT2D eigenvalue weighted by molar-refractivity contribution is 0.111. The molecular weight excluding hydrogens is 164 g/mol. The van der Waals surface area contributed by atoms with Crippen LogP contribution in [0.5, 0.6) is 0 Å². The summed E-state index contributed by atoms with van der Waals surface area (Å²) < 4.78 is 1.87. The standard InChI is InChI=1S/C10H16N2O/c1-5-12-7-11-9(8(12)6-13)10(2,3)4/h6-7H,5H2,1-4H3. The van der Waals surface area contributed by atoms with Gasteiger partial charge in [-0.05, 0) is 6.92 Å². The van der Waals surface area contributed by atoms with E-state index in [1.807, 2.05) is 11.5 Å². The van der Waals surface area contributed by atoms with Gasteiger partial charge in [0.25, 0.3) is 0 Å². The van der Waals surface area contributed by atoms with Gasteiger partial charge in [-0.15, -0.1) is 0 Å². The highest BCUT2D eigenvalue weighted by atomic mass is 16.1. The number of hydrogen-bond donors (Lipinski definition) is 0. The van der Waals surface area contributed by atoms with E-state index in [1.54, 1.807) is 6.33 Å². The van der Waals surface area contributed by atoms with Crippen LogP contribution in [0, 0.1) is 0 Å². The second-order valence-electron chi connectivity index (χ2n) is 4.13. The maximum atomic E-state index is 10.9. The number of carbonyl (C=O) groups is 1. The van der Waals surface area contributed by atoms with Crippen LogP contribution >= 0.6 is 0 Å². The van der Waals surface area contributed by atoms with Gasteiger partial charge in [-0.2, -0.15) is 0 Å². The molecule has 0 amide bonds. The molecule has 13 heavy (non-hydrogen) atoms. The van der Waals surface area contributed by atoms with Gasteiger partial charge in [-0.3, -0.25) is 4.79 Å². The fourth-order valence-corrected chi connectivity index (χ4v) is 1.35. The molecule has 0 aromatic carbocycles. The van der Waals surface area contributed by atoms with Crippen LogP contribution in [0.15, 0.2) is 6.33 Å². The van der Waals surface area contributed by atoms with E-state index < -0.39 is 0 Å². The van der Waals surface area contributed by atoms with Crippen molar-refractivity contribution in [3.63, 3.8) is 0 Å². The second kappa shape index (κ2) is 3.32. The van der Waals surface area contributed by atoms with Gasteiger partial charge < -0.3 is 4.57 Å². The molecule has 0 fully saturated rings. The Bertz CT molecular complexity index is 307. The van der Waals surface area contributed by atoms with Crippen LogP contribution in [0.1, 0.15) is 43.9 Å². The second-order valence-corrected chi connectivity index (χ2v) is 4.13. The van der Waals surface area contributed by atoms with E-state index in [4.69, 9.17) is 0 Å². The molecule has 0 unspecified atom stereocenters. The third kappa shape index (κ3) is 1.79. The third-order valence-electron chi connectivity index (χ3n) is 2.04. The Morgan fingerprint density at radius 1 is 1.54 bits per heavy atom. The highest BCUT2D eigenvalue weighted by Gasteiger charge is 2.22. The number of rotatable bonds is 2. The first-order valence-corrected chi connectivity index (χ1v) is 4.51. The quantitative estimate of drug-likeness (QED) is 0.652. The van der Waals surface area contributed by atoms with Gasteiger partial charge in [0.2, 0.25) is 0 Å². The van der Waals surface area contributed by atoms with E-state index in [0.717, 1.165) is 18.5 Å². The first-order valence-electron chi connectivity index (χ1n) is 4.51. The van der Waals surface area contributed by atoms with E-state index >= 15 is 0 Å². The monoisotopic (exact) mass is 180 g/mol. The number of aryl methyl sites for hydroxylation is 1. The van der Waals surface area contributed by atoms with Crippen molar-refractivity contribution < 1.29 is 4.79 Å². The summed E-state index contributed by atoms with van der Waals surface area (Å²) in [5.41, 5.74) is 1.52. The maximum absolute atomic E-state index is 10.9. The van der Waals surface area contributed by atoms with E-state index in [9.17, 15) is 4.79 Å². The zero-order valence-electron chi connectivity index (χ0n) is 8.66.